The van der Waals surface area contributed by atoms with Crippen LogP contribution in [0.2, 0.25) is 0 Å². The van der Waals surface area contributed by atoms with Crippen molar-refractivity contribution in [3.05, 3.63) is 48.3 Å². The largest absolute Gasteiger partial charge is 0.392 e. The van der Waals surface area contributed by atoms with Crippen molar-refractivity contribution < 1.29 is 9.50 Å². The van der Waals surface area contributed by atoms with Gasteiger partial charge in [-0.15, -0.1) is 10.2 Å². The zero-order chi connectivity index (χ0) is 12.5. The molecular weight excluding hydrogens is 233 g/mol. The van der Waals surface area contributed by atoms with Crippen LogP contribution < -0.4 is 0 Å². The van der Waals surface area contributed by atoms with Gasteiger partial charge in [-0.3, -0.25) is 0 Å². The quantitative estimate of drug-likeness (QED) is 0.881. The molecular formula is C13H14FN3O. The Morgan fingerprint density at radius 2 is 1.78 bits per heavy atom. The van der Waals surface area contributed by atoms with E-state index in [0.717, 1.165) is 18.4 Å². The van der Waals surface area contributed by atoms with Crippen molar-refractivity contribution in [2.24, 2.45) is 0 Å². The zero-order valence-electron chi connectivity index (χ0n) is 9.78. The molecule has 1 fully saturated rings. The number of aliphatic hydroxyl groups excluding tert-OH is 1. The first-order chi connectivity index (χ1) is 8.75. The number of halogens is 1. The fourth-order valence-corrected chi connectivity index (χ4v) is 2.80. The van der Waals surface area contributed by atoms with Crippen molar-refractivity contribution in [2.75, 3.05) is 0 Å². The van der Waals surface area contributed by atoms with Gasteiger partial charge in [-0.1, -0.05) is 12.1 Å². The van der Waals surface area contributed by atoms with Crippen LogP contribution >= 0.6 is 0 Å². The van der Waals surface area contributed by atoms with Crippen molar-refractivity contribution in [3.63, 3.8) is 0 Å². The highest BCUT2D eigenvalue weighted by atomic mass is 19.1. The standard InChI is InChI=1S/C13H14FN3O/c14-10-3-1-9(2-4-10)13-11(5-6-12(13)18)17-7-15-16-8-17/h1-4,7-8,11-13,18H,5-6H2. The van der Waals surface area contributed by atoms with Gasteiger partial charge in [-0.2, -0.15) is 0 Å². The molecule has 1 heterocycles. The molecule has 2 aromatic rings. The van der Waals surface area contributed by atoms with Gasteiger partial charge in [0.25, 0.3) is 0 Å². The van der Waals surface area contributed by atoms with E-state index in [0.29, 0.717) is 0 Å². The molecule has 0 radical (unpaired) electrons. The minimum atomic E-state index is -0.400. The molecule has 0 bridgehead atoms. The maximum Gasteiger partial charge on any atom is 0.123 e. The molecule has 94 valence electrons. The topological polar surface area (TPSA) is 50.9 Å². The van der Waals surface area contributed by atoms with Gasteiger partial charge >= 0.3 is 0 Å². The van der Waals surface area contributed by atoms with Crippen LogP contribution in [0, 0.1) is 5.82 Å². The molecule has 18 heavy (non-hydrogen) atoms. The van der Waals surface area contributed by atoms with Crippen LogP contribution in [-0.4, -0.2) is 26.0 Å². The van der Waals surface area contributed by atoms with Crippen molar-refractivity contribution in [1.29, 1.82) is 0 Å². The molecule has 0 spiro atoms. The first kappa shape index (κ1) is 11.3. The summed E-state index contributed by atoms with van der Waals surface area (Å²) in [5, 5.41) is 17.7. The summed E-state index contributed by atoms with van der Waals surface area (Å²) in [6.45, 7) is 0. The molecule has 0 saturated heterocycles. The zero-order valence-corrected chi connectivity index (χ0v) is 9.78. The number of nitrogens with zero attached hydrogens (tertiary/aromatic N) is 3. The Morgan fingerprint density at radius 3 is 2.44 bits per heavy atom. The molecule has 4 nitrogen and oxygen atoms in total. The highest BCUT2D eigenvalue weighted by Crippen LogP contribution is 2.42. The van der Waals surface area contributed by atoms with Crippen molar-refractivity contribution in [2.45, 2.75) is 30.9 Å². The molecule has 1 aliphatic rings. The summed E-state index contributed by atoms with van der Waals surface area (Å²) >= 11 is 0. The Morgan fingerprint density at radius 1 is 1.11 bits per heavy atom. The highest BCUT2D eigenvalue weighted by molar-refractivity contribution is 5.24. The SMILES string of the molecule is OC1CCC(n2cnnc2)C1c1ccc(F)cc1. The number of rotatable bonds is 2. The molecule has 3 unspecified atom stereocenters. The molecule has 3 rings (SSSR count). The number of aliphatic hydroxyl groups is 1. The summed E-state index contributed by atoms with van der Waals surface area (Å²) in [5.74, 6) is -0.284. The fourth-order valence-electron chi connectivity index (χ4n) is 2.80. The first-order valence-electron chi connectivity index (χ1n) is 6.03. The van der Waals surface area contributed by atoms with E-state index in [1.54, 1.807) is 24.8 Å². The van der Waals surface area contributed by atoms with Crippen LogP contribution in [0.1, 0.15) is 30.4 Å². The van der Waals surface area contributed by atoms with Gasteiger partial charge < -0.3 is 9.67 Å². The summed E-state index contributed by atoms with van der Waals surface area (Å²) < 4.78 is 14.9. The summed E-state index contributed by atoms with van der Waals surface area (Å²) in [6.07, 6.45) is 4.55. The average Bonchev–Trinajstić information content (AvgIpc) is 2.99. The molecule has 1 aliphatic carbocycles. The Hall–Kier alpha value is -1.75. The van der Waals surface area contributed by atoms with Crippen molar-refractivity contribution in [3.8, 4) is 0 Å². The summed E-state index contributed by atoms with van der Waals surface area (Å²) in [7, 11) is 0. The second kappa shape index (κ2) is 4.49. The highest BCUT2D eigenvalue weighted by Gasteiger charge is 2.37. The van der Waals surface area contributed by atoms with E-state index in [1.165, 1.54) is 12.1 Å². The fraction of sp³-hybridized carbons (Fsp3) is 0.385. The Labute approximate surface area is 104 Å². The third-order valence-electron chi connectivity index (χ3n) is 3.66. The van der Waals surface area contributed by atoms with E-state index in [9.17, 15) is 9.50 Å². The lowest BCUT2D eigenvalue weighted by molar-refractivity contribution is 0.155. The monoisotopic (exact) mass is 247 g/mol. The Bertz CT molecular complexity index is 512. The second-order valence-electron chi connectivity index (χ2n) is 4.70. The Kier molecular flexibility index (Phi) is 2.83. The summed E-state index contributed by atoms with van der Waals surface area (Å²) in [4.78, 5) is 0. The van der Waals surface area contributed by atoms with E-state index in [1.807, 2.05) is 4.57 Å². The van der Waals surface area contributed by atoms with E-state index in [2.05, 4.69) is 10.2 Å². The van der Waals surface area contributed by atoms with Gasteiger partial charge in [0.1, 0.15) is 18.5 Å². The second-order valence-corrected chi connectivity index (χ2v) is 4.70. The van der Waals surface area contributed by atoms with Gasteiger partial charge in [0.15, 0.2) is 0 Å². The normalized spacial score (nSPS) is 27.6. The molecule has 1 aromatic carbocycles. The maximum absolute atomic E-state index is 13.0. The van der Waals surface area contributed by atoms with E-state index < -0.39 is 6.10 Å². The average molecular weight is 247 g/mol. The van der Waals surface area contributed by atoms with Gasteiger partial charge in [0, 0.05) is 12.0 Å². The van der Waals surface area contributed by atoms with E-state index in [-0.39, 0.29) is 17.8 Å². The molecule has 5 heteroatoms. The van der Waals surface area contributed by atoms with Crippen molar-refractivity contribution in [1.82, 2.24) is 14.8 Å². The molecule has 0 aliphatic heterocycles. The minimum absolute atomic E-state index is 0.0263. The van der Waals surface area contributed by atoms with E-state index in [4.69, 9.17) is 0 Å². The number of hydrogen-bond donors (Lipinski definition) is 1. The van der Waals surface area contributed by atoms with Crippen LogP contribution in [0.3, 0.4) is 0 Å². The molecule has 3 atom stereocenters. The van der Waals surface area contributed by atoms with Gasteiger partial charge in [0.2, 0.25) is 0 Å². The first-order valence-corrected chi connectivity index (χ1v) is 6.03. The third kappa shape index (κ3) is 1.90. The lowest BCUT2D eigenvalue weighted by atomic mass is 9.92. The molecule has 1 aromatic heterocycles. The summed E-state index contributed by atoms with van der Waals surface area (Å²) in [6, 6.07) is 6.49. The van der Waals surface area contributed by atoms with Crippen LogP contribution in [0.25, 0.3) is 0 Å². The van der Waals surface area contributed by atoms with Gasteiger partial charge in [0.05, 0.1) is 6.10 Å². The molecule has 0 amide bonds. The lowest BCUT2D eigenvalue weighted by Crippen LogP contribution is -2.19. The Balaban J connectivity index is 1.94. The molecule has 1 saturated carbocycles. The van der Waals surface area contributed by atoms with Crippen LogP contribution in [0.5, 0.6) is 0 Å². The smallest absolute Gasteiger partial charge is 0.123 e. The number of benzene rings is 1. The van der Waals surface area contributed by atoms with Crippen LogP contribution in [0.4, 0.5) is 4.39 Å². The van der Waals surface area contributed by atoms with Gasteiger partial charge in [-0.25, -0.2) is 4.39 Å². The van der Waals surface area contributed by atoms with Crippen LogP contribution in [0.15, 0.2) is 36.9 Å². The summed E-state index contributed by atoms with van der Waals surface area (Å²) in [5.41, 5.74) is 0.958. The van der Waals surface area contributed by atoms with Crippen molar-refractivity contribution >= 4 is 0 Å². The van der Waals surface area contributed by atoms with Crippen LogP contribution in [-0.2, 0) is 0 Å². The number of hydrogen-bond acceptors (Lipinski definition) is 3. The minimum Gasteiger partial charge on any atom is -0.392 e. The third-order valence-corrected chi connectivity index (χ3v) is 3.66. The maximum atomic E-state index is 13.0. The molecule has 1 N–H and O–H groups in total. The number of aromatic nitrogens is 3. The predicted octanol–water partition coefficient (Wildman–Crippen LogP) is 1.90. The predicted molar refractivity (Wildman–Crippen MR) is 63.4 cm³/mol. The van der Waals surface area contributed by atoms with Gasteiger partial charge in [-0.05, 0) is 30.5 Å². The van der Waals surface area contributed by atoms with E-state index >= 15 is 0 Å². The lowest BCUT2D eigenvalue weighted by Gasteiger charge is -2.23.